The number of aromatic nitrogens is 3. The Labute approximate surface area is 219 Å². The van der Waals surface area contributed by atoms with Crippen LogP contribution in [0.5, 0.6) is 11.5 Å². The van der Waals surface area contributed by atoms with Crippen molar-refractivity contribution in [1.82, 2.24) is 20.3 Å². The smallest absolute Gasteiger partial charge is 0.407 e. The number of hydrogen-bond donors (Lipinski definition) is 2. The van der Waals surface area contributed by atoms with Gasteiger partial charge < -0.3 is 24.1 Å². The normalized spacial score (nSPS) is 11.4. The van der Waals surface area contributed by atoms with Crippen LogP contribution in [0.25, 0.3) is 11.0 Å². The summed E-state index contributed by atoms with van der Waals surface area (Å²) in [5.41, 5.74) is 2.75. The molecular weight excluding hydrogens is 514 g/mol. The number of carbonyl (C=O) groups is 1. The number of hydrogen-bond acceptors (Lipinski definition) is 9. The van der Waals surface area contributed by atoms with Crippen LogP contribution in [0, 0.1) is 0 Å². The Hall–Kier alpha value is -4.26. The summed E-state index contributed by atoms with van der Waals surface area (Å²) in [6, 6.07) is 8.44. The first kappa shape index (κ1) is 26.8. The molecule has 0 bridgehead atoms. The number of sulfonamides is 1. The predicted molar refractivity (Wildman–Crippen MR) is 139 cm³/mol. The molecule has 2 aromatic heterocycles. The summed E-state index contributed by atoms with van der Waals surface area (Å²) in [5.74, 6) is 0.783. The molecule has 0 saturated heterocycles. The summed E-state index contributed by atoms with van der Waals surface area (Å²) in [4.78, 5) is 11.3. The van der Waals surface area contributed by atoms with Crippen molar-refractivity contribution in [2.75, 3.05) is 25.5 Å². The Morgan fingerprint density at radius 3 is 2.63 bits per heavy atom. The van der Waals surface area contributed by atoms with Crippen molar-refractivity contribution in [3.05, 3.63) is 59.4 Å². The number of benzene rings is 2. The molecule has 2 heterocycles. The van der Waals surface area contributed by atoms with Gasteiger partial charge >= 0.3 is 6.09 Å². The highest BCUT2D eigenvalue weighted by molar-refractivity contribution is 7.92. The first-order valence-electron chi connectivity index (χ1n) is 11.9. The Bertz CT molecular complexity index is 1540. The molecule has 13 heteroatoms. The Morgan fingerprint density at radius 2 is 1.92 bits per heavy atom. The van der Waals surface area contributed by atoms with E-state index in [4.69, 9.17) is 14.0 Å². The van der Waals surface area contributed by atoms with Crippen LogP contribution >= 0.6 is 0 Å². The van der Waals surface area contributed by atoms with Crippen LogP contribution in [0.3, 0.4) is 0 Å². The largest absolute Gasteiger partial charge is 0.495 e. The number of fused-ring (bicyclic) bond motifs is 1. The standard InChI is InChI=1S/C25H29N5O7S/c1-5-16-7-8-20(34-3)23(9-16)38(32,33)29-24-19-11-21(36-6-2)18(10-22(19)37-28-24)15-30-14-17(13-27-30)12-26-25(31)35-4/h7-11,13-14H,5-6,12,15H2,1-4H3,(H,26,31)(H,28,29). The van der Waals surface area contributed by atoms with Gasteiger partial charge in [0.05, 0.1) is 39.0 Å². The molecule has 12 nitrogen and oxygen atoms in total. The zero-order chi connectivity index (χ0) is 27.3. The Morgan fingerprint density at radius 1 is 1.11 bits per heavy atom. The van der Waals surface area contributed by atoms with Gasteiger partial charge in [-0.3, -0.25) is 9.40 Å². The molecule has 4 rings (SSSR count). The van der Waals surface area contributed by atoms with Crippen molar-refractivity contribution in [2.45, 2.75) is 38.3 Å². The Kier molecular flexibility index (Phi) is 8.05. The second kappa shape index (κ2) is 11.4. The first-order valence-corrected chi connectivity index (χ1v) is 13.3. The van der Waals surface area contributed by atoms with Crippen molar-refractivity contribution < 1.29 is 31.9 Å². The molecule has 38 heavy (non-hydrogen) atoms. The molecule has 202 valence electrons. The fraction of sp³-hybridized carbons (Fsp3) is 0.320. The monoisotopic (exact) mass is 543 g/mol. The van der Waals surface area contributed by atoms with E-state index in [0.717, 1.165) is 16.7 Å². The van der Waals surface area contributed by atoms with E-state index in [2.05, 4.69) is 25.0 Å². The van der Waals surface area contributed by atoms with Crippen LogP contribution in [-0.2, 0) is 34.3 Å². The van der Waals surface area contributed by atoms with E-state index in [1.807, 2.05) is 19.9 Å². The molecule has 0 spiro atoms. The molecule has 1 amide bonds. The van der Waals surface area contributed by atoms with Crippen LogP contribution in [0.15, 0.2) is 52.1 Å². The van der Waals surface area contributed by atoms with E-state index < -0.39 is 16.1 Å². The lowest BCUT2D eigenvalue weighted by atomic mass is 10.1. The average molecular weight is 544 g/mol. The van der Waals surface area contributed by atoms with Crippen molar-refractivity contribution in [3.63, 3.8) is 0 Å². The molecule has 0 saturated carbocycles. The first-order chi connectivity index (χ1) is 18.3. The van der Waals surface area contributed by atoms with Gasteiger partial charge in [-0.25, -0.2) is 13.2 Å². The van der Waals surface area contributed by atoms with Crippen molar-refractivity contribution in [2.24, 2.45) is 0 Å². The highest BCUT2D eigenvalue weighted by Crippen LogP contribution is 2.34. The summed E-state index contributed by atoms with van der Waals surface area (Å²) < 4.78 is 51.9. The molecule has 0 aliphatic carbocycles. The summed E-state index contributed by atoms with van der Waals surface area (Å²) in [5, 5.41) is 11.3. The zero-order valence-corrected chi connectivity index (χ0v) is 22.3. The zero-order valence-electron chi connectivity index (χ0n) is 21.5. The van der Waals surface area contributed by atoms with E-state index in [0.29, 0.717) is 36.3 Å². The molecule has 0 radical (unpaired) electrons. The van der Waals surface area contributed by atoms with Crippen LogP contribution < -0.4 is 19.5 Å². The maximum atomic E-state index is 13.3. The van der Waals surface area contributed by atoms with Gasteiger partial charge in [-0.2, -0.15) is 5.10 Å². The molecule has 0 aliphatic heterocycles. The van der Waals surface area contributed by atoms with Crippen LogP contribution in [0.1, 0.15) is 30.5 Å². The fourth-order valence-electron chi connectivity index (χ4n) is 3.83. The van der Waals surface area contributed by atoms with Gasteiger partial charge in [0.15, 0.2) is 11.4 Å². The average Bonchev–Trinajstić information content (AvgIpc) is 3.53. The van der Waals surface area contributed by atoms with Crippen LogP contribution in [0.4, 0.5) is 10.6 Å². The number of methoxy groups -OCH3 is 2. The fourth-order valence-corrected chi connectivity index (χ4v) is 5.07. The van der Waals surface area contributed by atoms with Crippen molar-refractivity contribution in [1.29, 1.82) is 0 Å². The minimum Gasteiger partial charge on any atom is -0.495 e. The number of ether oxygens (including phenoxy) is 3. The molecule has 2 aromatic carbocycles. The molecule has 4 aromatic rings. The van der Waals surface area contributed by atoms with Crippen molar-refractivity contribution in [3.8, 4) is 11.5 Å². The summed E-state index contributed by atoms with van der Waals surface area (Å²) in [6.45, 7) is 4.78. The van der Waals surface area contributed by atoms with E-state index in [9.17, 15) is 13.2 Å². The minimum absolute atomic E-state index is 0.00771. The van der Waals surface area contributed by atoms with Crippen LogP contribution in [-0.4, -0.2) is 50.3 Å². The van der Waals surface area contributed by atoms with Gasteiger partial charge in [0.2, 0.25) is 0 Å². The highest BCUT2D eigenvalue weighted by Gasteiger charge is 2.24. The number of aryl methyl sites for hydroxylation is 1. The summed E-state index contributed by atoms with van der Waals surface area (Å²) in [6.07, 6.45) is 3.56. The third-order valence-corrected chi connectivity index (χ3v) is 7.11. The number of nitrogens with zero attached hydrogens (tertiary/aromatic N) is 3. The van der Waals surface area contributed by atoms with E-state index >= 15 is 0 Å². The van der Waals surface area contributed by atoms with E-state index in [1.54, 1.807) is 41.3 Å². The van der Waals surface area contributed by atoms with Crippen LogP contribution in [0.2, 0.25) is 0 Å². The second-order valence-corrected chi connectivity index (χ2v) is 9.91. The molecule has 2 N–H and O–H groups in total. The summed E-state index contributed by atoms with van der Waals surface area (Å²) >= 11 is 0. The van der Waals surface area contributed by atoms with Crippen molar-refractivity contribution >= 4 is 32.9 Å². The number of nitrogens with one attached hydrogen (secondary N) is 2. The predicted octanol–water partition coefficient (Wildman–Crippen LogP) is 3.70. The number of carbonyl (C=O) groups excluding carboxylic acids is 1. The molecule has 0 fully saturated rings. The molecule has 0 aliphatic rings. The number of anilines is 1. The Balaban J connectivity index is 1.62. The van der Waals surface area contributed by atoms with Gasteiger partial charge in [0.1, 0.15) is 16.4 Å². The lowest BCUT2D eigenvalue weighted by molar-refractivity contribution is 0.170. The quantitative estimate of drug-likeness (QED) is 0.289. The number of rotatable bonds is 11. The van der Waals surface area contributed by atoms with E-state index in [-0.39, 0.29) is 23.0 Å². The van der Waals surface area contributed by atoms with E-state index in [1.165, 1.54) is 14.2 Å². The maximum absolute atomic E-state index is 13.3. The highest BCUT2D eigenvalue weighted by atomic mass is 32.2. The molecular formula is C25H29N5O7S. The van der Waals surface area contributed by atoms with Gasteiger partial charge in [-0.05, 0) is 43.2 Å². The third kappa shape index (κ3) is 5.83. The summed E-state index contributed by atoms with van der Waals surface area (Å²) in [7, 11) is -1.32. The van der Waals surface area contributed by atoms with Gasteiger partial charge in [-0.15, -0.1) is 0 Å². The molecule has 0 unspecified atom stereocenters. The lowest BCUT2D eigenvalue weighted by Crippen LogP contribution is -2.21. The number of amides is 1. The SMILES string of the molecule is CCOc1cc2c(NS(=O)(=O)c3cc(CC)ccc3OC)noc2cc1Cn1cc(CNC(=O)OC)cn1. The number of alkyl carbamates (subject to hydrolysis) is 1. The van der Waals surface area contributed by atoms with Gasteiger partial charge in [0.25, 0.3) is 10.0 Å². The maximum Gasteiger partial charge on any atom is 0.407 e. The minimum atomic E-state index is -4.04. The molecule has 0 atom stereocenters. The van der Waals surface area contributed by atoms with Gasteiger partial charge in [0, 0.05) is 23.9 Å². The second-order valence-electron chi connectivity index (χ2n) is 8.26. The topological polar surface area (TPSA) is 147 Å². The van der Waals surface area contributed by atoms with Gasteiger partial charge in [-0.1, -0.05) is 18.1 Å². The lowest BCUT2D eigenvalue weighted by Gasteiger charge is -2.12. The third-order valence-electron chi connectivity index (χ3n) is 5.75.